The summed E-state index contributed by atoms with van der Waals surface area (Å²) in [5.41, 5.74) is 0. The average molecular weight is 152 g/mol. The Morgan fingerprint density at radius 1 is 1.64 bits per heavy atom. The van der Waals surface area contributed by atoms with Gasteiger partial charge >= 0.3 is 24.8 Å². The van der Waals surface area contributed by atoms with Crippen molar-refractivity contribution in [2.75, 3.05) is 0 Å². The third-order valence-electron chi connectivity index (χ3n) is 0.469. The van der Waals surface area contributed by atoms with Crippen LogP contribution in [0.15, 0.2) is 12.7 Å². The van der Waals surface area contributed by atoms with Gasteiger partial charge in [-0.1, -0.05) is 13.5 Å². The van der Waals surface area contributed by atoms with Crippen molar-refractivity contribution in [1.29, 1.82) is 0 Å². The molecule has 0 aliphatic heterocycles. The SMILES string of the molecule is C=CC(=O)[O-].CCC(=O)O.[Li+]. The second-order valence-electron chi connectivity index (χ2n) is 1.27. The Bertz CT molecular complexity index is 133. The van der Waals surface area contributed by atoms with E-state index in [0.717, 1.165) is 6.08 Å². The Morgan fingerprint density at radius 2 is 1.82 bits per heavy atom. The van der Waals surface area contributed by atoms with Crippen molar-refractivity contribution in [3.8, 4) is 0 Å². The van der Waals surface area contributed by atoms with Crippen LogP contribution >= 0.6 is 0 Å². The summed E-state index contributed by atoms with van der Waals surface area (Å²) >= 11 is 0. The fourth-order valence-electron chi connectivity index (χ4n) is 0. The summed E-state index contributed by atoms with van der Waals surface area (Å²) < 4.78 is 0. The zero-order valence-corrected chi connectivity index (χ0v) is 6.66. The first-order chi connectivity index (χ1) is 4.54. The van der Waals surface area contributed by atoms with E-state index < -0.39 is 11.9 Å². The Hall–Kier alpha value is -0.723. The fourth-order valence-corrected chi connectivity index (χ4v) is 0. The smallest absolute Gasteiger partial charge is 0.545 e. The first kappa shape index (κ1) is 16.7. The van der Waals surface area contributed by atoms with E-state index in [0.29, 0.717) is 0 Å². The molecule has 4 nitrogen and oxygen atoms in total. The van der Waals surface area contributed by atoms with Crippen molar-refractivity contribution in [2.45, 2.75) is 13.3 Å². The molecule has 5 heteroatoms. The van der Waals surface area contributed by atoms with Crippen LogP contribution in [-0.4, -0.2) is 17.0 Å². The monoisotopic (exact) mass is 152 g/mol. The Morgan fingerprint density at radius 3 is 1.82 bits per heavy atom. The van der Waals surface area contributed by atoms with Crippen LogP contribution < -0.4 is 24.0 Å². The van der Waals surface area contributed by atoms with Gasteiger partial charge in [-0.3, -0.25) is 4.79 Å². The zero-order chi connectivity index (χ0) is 8.57. The number of aliphatic carboxylic acids is 2. The van der Waals surface area contributed by atoms with Crippen LogP contribution in [0.3, 0.4) is 0 Å². The van der Waals surface area contributed by atoms with Crippen LogP contribution in [-0.2, 0) is 9.59 Å². The molecule has 0 heterocycles. The molecule has 0 radical (unpaired) electrons. The van der Waals surface area contributed by atoms with E-state index in [1.807, 2.05) is 0 Å². The average Bonchev–Trinajstić information content (AvgIpc) is 1.89. The molecule has 0 amide bonds. The topological polar surface area (TPSA) is 77.4 Å². The molecule has 0 aliphatic rings. The van der Waals surface area contributed by atoms with Gasteiger partial charge in [0.15, 0.2) is 0 Å². The molecule has 1 N–H and O–H groups in total. The van der Waals surface area contributed by atoms with Crippen LogP contribution in [0.25, 0.3) is 0 Å². The number of carboxylic acid groups (broad SMARTS) is 2. The van der Waals surface area contributed by atoms with Gasteiger partial charge in [-0.05, 0) is 6.08 Å². The molecule has 0 spiro atoms. The molecule has 0 unspecified atom stereocenters. The van der Waals surface area contributed by atoms with Gasteiger partial charge in [0.1, 0.15) is 0 Å². The third-order valence-corrected chi connectivity index (χ3v) is 0.469. The second kappa shape index (κ2) is 12.0. The number of hydrogen-bond acceptors (Lipinski definition) is 3. The van der Waals surface area contributed by atoms with E-state index >= 15 is 0 Å². The summed E-state index contributed by atoms with van der Waals surface area (Å²) in [7, 11) is 0. The van der Waals surface area contributed by atoms with Gasteiger partial charge in [-0.15, -0.1) is 0 Å². The van der Waals surface area contributed by atoms with E-state index in [2.05, 4.69) is 6.58 Å². The van der Waals surface area contributed by atoms with Crippen molar-refractivity contribution < 1.29 is 38.7 Å². The van der Waals surface area contributed by atoms with E-state index in [1.165, 1.54) is 0 Å². The van der Waals surface area contributed by atoms with E-state index in [4.69, 9.17) is 15.0 Å². The first-order valence-electron chi connectivity index (χ1n) is 2.59. The van der Waals surface area contributed by atoms with Crippen LogP contribution in [0.4, 0.5) is 0 Å². The maximum absolute atomic E-state index is 9.37. The summed E-state index contributed by atoms with van der Waals surface area (Å²) in [6, 6.07) is 0. The van der Waals surface area contributed by atoms with E-state index in [9.17, 15) is 4.79 Å². The minimum Gasteiger partial charge on any atom is -0.545 e. The molecular formula is C6H9LiO4. The first-order valence-corrected chi connectivity index (χ1v) is 2.59. The molecule has 0 rings (SSSR count). The molecule has 0 saturated heterocycles. The van der Waals surface area contributed by atoms with Gasteiger partial charge in [-0.2, -0.15) is 0 Å². The van der Waals surface area contributed by atoms with Crippen LogP contribution in [0.1, 0.15) is 13.3 Å². The Kier molecular flexibility index (Phi) is 18.2. The van der Waals surface area contributed by atoms with Crippen LogP contribution in [0.2, 0.25) is 0 Å². The summed E-state index contributed by atoms with van der Waals surface area (Å²) in [5, 5.41) is 16.9. The third kappa shape index (κ3) is 45.7. The maximum Gasteiger partial charge on any atom is 1.00 e. The largest absolute Gasteiger partial charge is 1.00 e. The molecule has 0 atom stereocenters. The summed E-state index contributed by atoms with van der Waals surface area (Å²) in [5.74, 6) is -1.98. The van der Waals surface area contributed by atoms with Gasteiger partial charge in [0.2, 0.25) is 0 Å². The number of hydrogen-bond donors (Lipinski definition) is 1. The summed E-state index contributed by atoms with van der Waals surface area (Å²) in [6.07, 6.45) is 0.944. The molecule has 0 fully saturated rings. The van der Waals surface area contributed by atoms with Gasteiger partial charge in [0.25, 0.3) is 0 Å². The minimum absolute atomic E-state index is 0. The molecule has 0 aliphatic carbocycles. The molecule has 0 aromatic heterocycles. The molecule has 0 aromatic carbocycles. The summed E-state index contributed by atoms with van der Waals surface area (Å²) in [4.78, 5) is 18.5. The van der Waals surface area contributed by atoms with Gasteiger partial charge in [-0.25, -0.2) is 0 Å². The predicted octanol–water partition coefficient (Wildman–Crippen LogP) is -3.59. The zero-order valence-electron chi connectivity index (χ0n) is 6.66. The van der Waals surface area contributed by atoms with E-state index in [-0.39, 0.29) is 25.3 Å². The molecule has 0 saturated carbocycles. The second-order valence-corrected chi connectivity index (χ2v) is 1.27. The number of rotatable bonds is 2. The van der Waals surface area contributed by atoms with Crippen LogP contribution in [0, 0.1) is 0 Å². The molecule has 0 bridgehead atoms. The van der Waals surface area contributed by atoms with Crippen molar-refractivity contribution in [1.82, 2.24) is 0 Å². The number of carbonyl (C=O) groups is 2. The van der Waals surface area contributed by atoms with Crippen molar-refractivity contribution in [2.24, 2.45) is 0 Å². The standard InChI is InChI=1S/C3H6O2.C3H4O2.Li/c2*1-2-3(4)5;/h2H2,1H3,(H,4,5);2H,1H2,(H,4,5);/q;;+1/p-1. The normalized spacial score (nSPS) is 6.27. The molecule has 0 aromatic rings. The Balaban J connectivity index is -0.000000107. The van der Waals surface area contributed by atoms with Crippen LogP contribution in [0.5, 0.6) is 0 Å². The van der Waals surface area contributed by atoms with Crippen molar-refractivity contribution in [3.63, 3.8) is 0 Å². The number of carboxylic acids is 2. The summed E-state index contributed by atoms with van der Waals surface area (Å²) in [6.45, 7) is 4.50. The predicted molar refractivity (Wildman–Crippen MR) is 33.1 cm³/mol. The van der Waals surface area contributed by atoms with Gasteiger partial charge < -0.3 is 15.0 Å². The number of carbonyl (C=O) groups excluding carboxylic acids is 1. The van der Waals surface area contributed by atoms with Crippen molar-refractivity contribution >= 4 is 11.9 Å². The minimum atomic E-state index is -1.23. The fraction of sp³-hybridized carbons (Fsp3) is 0.333. The maximum atomic E-state index is 9.37. The van der Waals surface area contributed by atoms with Gasteiger partial charge in [0.05, 0.1) is 5.97 Å². The Labute approximate surface area is 77.1 Å². The molecule has 58 valence electrons. The van der Waals surface area contributed by atoms with Crippen molar-refractivity contribution in [3.05, 3.63) is 12.7 Å². The quantitative estimate of drug-likeness (QED) is 0.327. The molecule has 11 heavy (non-hydrogen) atoms. The van der Waals surface area contributed by atoms with E-state index in [1.54, 1.807) is 6.92 Å². The molecular weight excluding hydrogens is 143 g/mol. The van der Waals surface area contributed by atoms with Gasteiger partial charge in [0, 0.05) is 6.42 Å².